The average molecular weight is 856 g/mol. The Bertz CT molecular complexity index is 2090. The maximum absolute atomic E-state index is 12.2. The summed E-state index contributed by atoms with van der Waals surface area (Å²) in [5.74, 6) is 0.286. The fourth-order valence-corrected chi connectivity index (χ4v) is 7.81. The summed E-state index contributed by atoms with van der Waals surface area (Å²) in [4.78, 5) is 22.6. The van der Waals surface area contributed by atoms with Gasteiger partial charge in [-0.15, -0.1) is 51.8 Å². The molecule has 0 saturated carbocycles. The van der Waals surface area contributed by atoms with Crippen LogP contribution in [0.5, 0.6) is 0 Å². The molecule has 6 aromatic rings. The summed E-state index contributed by atoms with van der Waals surface area (Å²) in [6, 6.07) is 21.2. The minimum absolute atomic E-state index is 0. The number of benzene rings is 3. The number of aromatic nitrogens is 2. The van der Waals surface area contributed by atoms with Gasteiger partial charge in [0.2, 0.25) is 0 Å². The zero-order valence-electron chi connectivity index (χ0n) is 29.6. The number of allylic oxidation sites excluding steroid dienone is 2. The van der Waals surface area contributed by atoms with Gasteiger partial charge in [-0.3, -0.25) is 9.78 Å². The molecular formula is C41H47IrN2O2S2-. The summed E-state index contributed by atoms with van der Waals surface area (Å²) in [6.45, 7) is 18.9. The third kappa shape index (κ3) is 7.31. The molecule has 0 aliphatic carbocycles. The molecule has 0 spiro atoms. The van der Waals surface area contributed by atoms with Gasteiger partial charge in [-0.1, -0.05) is 91.5 Å². The molecule has 1 N–H and O–H groups in total. The number of nitrogens with zero attached hydrogens (tertiary/aromatic N) is 2. The fourth-order valence-electron chi connectivity index (χ4n) is 5.93. The number of carbonyl (C=O) groups excluding carboxylic acids is 1. The van der Waals surface area contributed by atoms with Crippen LogP contribution in [0.4, 0.5) is 0 Å². The molecular weight excluding hydrogens is 809 g/mol. The van der Waals surface area contributed by atoms with Crippen LogP contribution < -0.4 is 0 Å². The number of aliphatic hydroxyl groups excluding tert-OH is 1. The molecule has 48 heavy (non-hydrogen) atoms. The Balaban J connectivity index is 0.000000251. The van der Waals surface area contributed by atoms with E-state index in [4.69, 9.17) is 4.98 Å². The number of thiophene rings is 2. The van der Waals surface area contributed by atoms with Gasteiger partial charge < -0.3 is 5.11 Å². The van der Waals surface area contributed by atoms with E-state index in [9.17, 15) is 9.90 Å². The quantitative estimate of drug-likeness (QED) is 0.0941. The smallest absolute Gasteiger partial charge is 0.164 e. The minimum atomic E-state index is -0.337. The second kappa shape index (κ2) is 14.9. The summed E-state index contributed by atoms with van der Waals surface area (Å²) in [7, 11) is 0. The molecule has 255 valence electrons. The van der Waals surface area contributed by atoms with Crippen LogP contribution in [-0.4, -0.2) is 20.9 Å². The normalized spacial score (nSPS) is 12.7. The molecule has 3 aromatic heterocycles. The van der Waals surface area contributed by atoms with Crippen molar-refractivity contribution >= 4 is 69.6 Å². The van der Waals surface area contributed by atoms with Crippen molar-refractivity contribution < 1.29 is 30.0 Å². The molecule has 0 saturated heterocycles. The van der Waals surface area contributed by atoms with E-state index >= 15 is 0 Å². The molecule has 4 nitrogen and oxygen atoms in total. The Kier molecular flexibility index (Phi) is 11.7. The number of rotatable bonds is 8. The average Bonchev–Trinajstić information content (AvgIpc) is 3.69. The van der Waals surface area contributed by atoms with Crippen LogP contribution in [0.25, 0.3) is 52.4 Å². The number of carbonyl (C=O) groups is 1. The summed E-state index contributed by atoms with van der Waals surface area (Å²) >= 11 is 3.52. The first-order valence-corrected chi connectivity index (χ1v) is 18.4. The number of fused-ring (bicyclic) bond motifs is 5. The first kappa shape index (κ1) is 37.9. The largest absolute Gasteiger partial charge is 0.512 e. The molecule has 0 atom stereocenters. The number of hydrogen-bond donors (Lipinski definition) is 1. The van der Waals surface area contributed by atoms with Crippen molar-refractivity contribution in [2.75, 3.05) is 0 Å². The van der Waals surface area contributed by atoms with Crippen LogP contribution in [0.3, 0.4) is 0 Å². The van der Waals surface area contributed by atoms with Gasteiger partial charge in [-0.2, -0.15) is 0 Å². The summed E-state index contributed by atoms with van der Waals surface area (Å²) in [5, 5.41) is 18.3. The minimum Gasteiger partial charge on any atom is -0.512 e. The second-order valence-electron chi connectivity index (χ2n) is 14.1. The van der Waals surface area contributed by atoms with Crippen LogP contribution in [-0.2, 0) is 30.3 Å². The van der Waals surface area contributed by atoms with Gasteiger partial charge in [-0.05, 0) is 65.4 Å². The molecule has 3 aromatic carbocycles. The van der Waals surface area contributed by atoms with Crippen LogP contribution >= 0.6 is 22.7 Å². The Morgan fingerprint density at radius 3 is 2.17 bits per heavy atom. The number of hydrogen-bond acceptors (Lipinski definition) is 6. The van der Waals surface area contributed by atoms with E-state index < -0.39 is 0 Å². The van der Waals surface area contributed by atoms with Gasteiger partial charge in [0.1, 0.15) is 16.9 Å². The van der Waals surface area contributed by atoms with Gasteiger partial charge in [0.15, 0.2) is 5.78 Å². The Hall–Kier alpha value is -2.96. The zero-order valence-corrected chi connectivity index (χ0v) is 33.6. The third-order valence-corrected chi connectivity index (χ3v) is 12.2. The monoisotopic (exact) mass is 856 g/mol. The molecule has 3 heterocycles. The van der Waals surface area contributed by atoms with E-state index in [0.717, 1.165) is 52.5 Å². The predicted molar refractivity (Wildman–Crippen MR) is 204 cm³/mol. The van der Waals surface area contributed by atoms with Crippen molar-refractivity contribution in [1.29, 1.82) is 0 Å². The number of ketones is 1. The van der Waals surface area contributed by atoms with Crippen LogP contribution in [0, 0.1) is 16.9 Å². The van der Waals surface area contributed by atoms with Gasteiger partial charge in [-0.25, -0.2) is 4.98 Å². The number of aliphatic hydroxyl groups is 1. The molecule has 0 unspecified atom stereocenters. The molecule has 1 radical (unpaired) electrons. The van der Waals surface area contributed by atoms with Crippen molar-refractivity contribution in [3.8, 4) is 11.3 Å². The Morgan fingerprint density at radius 1 is 0.854 bits per heavy atom. The van der Waals surface area contributed by atoms with Crippen LogP contribution in [0.1, 0.15) is 93.6 Å². The van der Waals surface area contributed by atoms with E-state index in [2.05, 4.69) is 85.7 Å². The molecule has 0 aliphatic rings. The van der Waals surface area contributed by atoms with E-state index in [0.29, 0.717) is 0 Å². The summed E-state index contributed by atoms with van der Waals surface area (Å²) in [6.07, 6.45) is 6.44. The van der Waals surface area contributed by atoms with E-state index in [1.54, 1.807) is 29.0 Å². The van der Waals surface area contributed by atoms with Crippen molar-refractivity contribution in [2.24, 2.45) is 10.8 Å². The van der Waals surface area contributed by atoms with Crippen molar-refractivity contribution in [1.82, 2.24) is 9.97 Å². The van der Waals surface area contributed by atoms with E-state index in [1.165, 1.54) is 37.2 Å². The molecule has 6 rings (SSSR count). The maximum Gasteiger partial charge on any atom is 0.164 e. The molecule has 7 heteroatoms. The third-order valence-electron chi connectivity index (χ3n) is 10.3. The Labute approximate surface area is 307 Å². The van der Waals surface area contributed by atoms with Crippen molar-refractivity contribution in [3.05, 3.63) is 83.7 Å². The molecule has 0 bridgehead atoms. The van der Waals surface area contributed by atoms with Crippen LogP contribution in [0.15, 0.2) is 72.1 Å². The second-order valence-corrected chi connectivity index (χ2v) is 16.1. The van der Waals surface area contributed by atoms with Crippen molar-refractivity contribution in [2.45, 2.75) is 93.4 Å². The van der Waals surface area contributed by atoms with Gasteiger partial charge in [0.25, 0.3) is 0 Å². The molecule has 0 amide bonds. The first-order chi connectivity index (χ1) is 22.3. The molecule has 0 aliphatic heterocycles. The maximum atomic E-state index is 12.2. The standard InChI is InChI=1S/C26H19N2S2.C15H28O2.Ir/c1-26(2,3)20-11-17(10-15-6-4-5-7-18(15)20)24-23-19-13-21-16(8-9-29-21)12-22(19)30-25(23)28-14-27-24;1-7-14(5,8-2)12(16)11-13(17)15(6,9-3)10-4;/h4-9,11-14H,1-3H3;11,16H,7-10H2,1-6H3;/q-1;;/b;12-11-;. The van der Waals surface area contributed by atoms with Crippen molar-refractivity contribution in [3.63, 3.8) is 0 Å². The van der Waals surface area contributed by atoms with Gasteiger partial charge in [0, 0.05) is 57.5 Å². The van der Waals surface area contributed by atoms with Crippen LogP contribution in [0.2, 0.25) is 0 Å². The summed E-state index contributed by atoms with van der Waals surface area (Å²) < 4.78 is 2.56. The van der Waals surface area contributed by atoms with E-state index in [-0.39, 0.29) is 47.9 Å². The fraction of sp³-hybridized carbons (Fsp3) is 0.390. The van der Waals surface area contributed by atoms with Gasteiger partial charge >= 0.3 is 0 Å². The molecule has 0 fully saturated rings. The van der Waals surface area contributed by atoms with Gasteiger partial charge in [0.05, 0.1) is 0 Å². The zero-order chi connectivity index (χ0) is 34.1. The van der Waals surface area contributed by atoms with E-state index in [1.807, 2.05) is 41.5 Å². The summed E-state index contributed by atoms with van der Waals surface area (Å²) in [5.41, 5.74) is 2.75. The first-order valence-electron chi connectivity index (χ1n) is 16.7. The topological polar surface area (TPSA) is 63.1 Å². The SMILES string of the molecule is CC(C)(C)c1cc(-c2ncnc3sc4cc5ccsc5cc4c23)[c-]c2ccccc12.CCC(C)(CC)C(=O)/C=C(\O)C(C)(CC)CC.[Ir]. The predicted octanol–water partition coefficient (Wildman–Crippen LogP) is 12.6. The Morgan fingerprint density at radius 2 is 1.52 bits per heavy atom.